The topological polar surface area (TPSA) is 70.7 Å². The molecule has 0 aromatic heterocycles. The van der Waals surface area contributed by atoms with Crippen LogP contribution in [0.2, 0.25) is 5.02 Å². The lowest BCUT2D eigenvalue weighted by Crippen LogP contribution is -2.39. The molecular formula is C21H26ClN3O3. The van der Waals surface area contributed by atoms with Crippen LogP contribution in [-0.2, 0) is 16.1 Å². The molecule has 0 unspecified atom stereocenters. The number of carbonyl (C=O) groups is 2. The Balaban J connectivity index is 1.82. The molecule has 0 bridgehead atoms. The first kappa shape index (κ1) is 21.7. The van der Waals surface area contributed by atoms with E-state index in [4.69, 9.17) is 16.3 Å². The number of anilines is 1. The summed E-state index contributed by atoms with van der Waals surface area (Å²) in [6.07, 6.45) is 0. The Morgan fingerprint density at radius 2 is 1.89 bits per heavy atom. The molecule has 0 saturated heterocycles. The highest BCUT2D eigenvalue weighted by atomic mass is 35.5. The predicted molar refractivity (Wildman–Crippen MR) is 112 cm³/mol. The number of halogens is 1. The Labute approximate surface area is 170 Å². The Bertz CT molecular complexity index is 855. The smallest absolute Gasteiger partial charge is 0.243 e. The minimum atomic E-state index is -0.304. The first-order valence-electron chi connectivity index (χ1n) is 8.94. The van der Waals surface area contributed by atoms with E-state index in [1.807, 2.05) is 44.0 Å². The van der Waals surface area contributed by atoms with Gasteiger partial charge in [0, 0.05) is 22.8 Å². The molecule has 2 rings (SSSR count). The number of ether oxygens (including phenoxy) is 1. The van der Waals surface area contributed by atoms with Gasteiger partial charge in [0.05, 0.1) is 20.2 Å². The van der Waals surface area contributed by atoms with Crippen LogP contribution < -0.4 is 15.4 Å². The number of rotatable bonds is 8. The van der Waals surface area contributed by atoms with Gasteiger partial charge >= 0.3 is 0 Å². The minimum absolute atomic E-state index is 0.105. The number of carbonyl (C=O) groups excluding carboxylic acids is 2. The zero-order chi connectivity index (χ0) is 20.7. The Morgan fingerprint density at radius 3 is 2.61 bits per heavy atom. The minimum Gasteiger partial charge on any atom is -0.496 e. The van der Waals surface area contributed by atoms with Gasteiger partial charge in [0.15, 0.2) is 0 Å². The van der Waals surface area contributed by atoms with Crippen molar-refractivity contribution in [3.63, 3.8) is 0 Å². The van der Waals surface area contributed by atoms with Crippen molar-refractivity contribution in [3.05, 3.63) is 58.1 Å². The highest BCUT2D eigenvalue weighted by Gasteiger charge is 2.12. The summed E-state index contributed by atoms with van der Waals surface area (Å²) in [5.74, 6) is 0.253. The van der Waals surface area contributed by atoms with E-state index in [1.165, 1.54) is 0 Å². The fraction of sp³-hybridized carbons (Fsp3) is 0.333. The van der Waals surface area contributed by atoms with Crippen molar-refractivity contribution in [2.75, 3.05) is 32.6 Å². The summed E-state index contributed by atoms with van der Waals surface area (Å²) in [5, 5.41) is 5.97. The normalized spacial score (nSPS) is 10.6. The van der Waals surface area contributed by atoms with Crippen LogP contribution >= 0.6 is 11.6 Å². The number of benzene rings is 2. The second-order valence-electron chi connectivity index (χ2n) is 6.72. The Hall–Kier alpha value is -2.57. The third-order valence-electron chi connectivity index (χ3n) is 4.28. The van der Waals surface area contributed by atoms with E-state index < -0.39 is 0 Å². The molecule has 2 aromatic carbocycles. The van der Waals surface area contributed by atoms with Crippen LogP contribution in [-0.4, -0.2) is 44.0 Å². The number of hydrogen-bond donors (Lipinski definition) is 2. The summed E-state index contributed by atoms with van der Waals surface area (Å²) in [6, 6.07) is 11.2. The third-order valence-corrected chi connectivity index (χ3v) is 4.69. The molecule has 0 heterocycles. The number of likely N-dealkylation sites (N-methyl/N-ethyl adjacent to an activating group) is 1. The van der Waals surface area contributed by atoms with Gasteiger partial charge < -0.3 is 15.4 Å². The van der Waals surface area contributed by atoms with Gasteiger partial charge in [-0.15, -0.1) is 0 Å². The molecule has 0 aliphatic heterocycles. The molecular weight excluding hydrogens is 378 g/mol. The van der Waals surface area contributed by atoms with Crippen molar-refractivity contribution in [3.8, 4) is 5.75 Å². The third kappa shape index (κ3) is 6.25. The van der Waals surface area contributed by atoms with E-state index in [2.05, 4.69) is 10.6 Å². The molecule has 6 nitrogen and oxygen atoms in total. The molecule has 0 fully saturated rings. The number of methoxy groups -OCH3 is 1. The van der Waals surface area contributed by atoms with Crippen molar-refractivity contribution in [1.82, 2.24) is 10.2 Å². The zero-order valence-corrected chi connectivity index (χ0v) is 17.4. The van der Waals surface area contributed by atoms with Crippen molar-refractivity contribution in [1.29, 1.82) is 0 Å². The molecule has 0 aliphatic rings. The fourth-order valence-corrected chi connectivity index (χ4v) is 2.97. The monoisotopic (exact) mass is 403 g/mol. The summed E-state index contributed by atoms with van der Waals surface area (Å²) < 4.78 is 5.37. The zero-order valence-electron chi connectivity index (χ0n) is 16.6. The van der Waals surface area contributed by atoms with Crippen LogP contribution in [0, 0.1) is 13.8 Å². The molecule has 0 spiro atoms. The second-order valence-corrected chi connectivity index (χ2v) is 7.13. The van der Waals surface area contributed by atoms with Crippen LogP contribution in [0.3, 0.4) is 0 Å². The number of nitrogens with one attached hydrogen (secondary N) is 2. The van der Waals surface area contributed by atoms with Gasteiger partial charge in [0.2, 0.25) is 11.8 Å². The van der Waals surface area contributed by atoms with Gasteiger partial charge in [-0.05, 0) is 44.7 Å². The van der Waals surface area contributed by atoms with Gasteiger partial charge in [0.1, 0.15) is 5.75 Å². The quantitative estimate of drug-likeness (QED) is 0.710. The lowest BCUT2D eigenvalue weighted by Gasteiger charge is -2.18. The van der Waals surface area contributed by atoms with E-state index in [1.54, 1.807) is 25.3 Å². The highest BCUT2D eigenvalue weighted by Crippen LogP contribution is 2.23. The van der Waals surface area contributed by atoms with Crippen LogP contribution in [0.15, 0.2) is 36.4 Å². The first-order valence-corrected chi connectivity index (χ1v) is 9.31. The molecule has 0 radical (unpaired) electrons. The average molecular weight is 404 g/mol. The van der Waals surface area contributed by atoms with Gasteiger partial charge in [-0.2, -0.15) is 0 Å². The SMILES string of the molecule is COc1ccc(C)cc1CN(C)CC(=O)NCC(=O)Nc1cccc(Cl)c1C. The summed E-state index contributed by atoms with van der Waals surface area (Å²) in [5.41, 5.74) is 3.56. The standard InChI is InChI=1S/C21H26ClN3O3/c1-14-8-9-19(28-4)16(10-14)12-25(3)13-21(27)23-11-20(26)24-18-7-5-6-17(22)15(18)2/h5-10H,11-13H2,1-4H3,(H,23,27)(H,24,26). The van der Waals surface area contributed by atoms with E-state index in [-0.39, 0.29) is 24.9 Å². The molecule has 0 saturated carbocycles. The lowest BCUT2D eigenvalue weighted by molar-refractivity contribution is -0.124. The molecule has 7 heteroatoms. The van der Waals surface area contributed by atoms with Crippen LogP contribution in [0.25, 0.3) is 0 Å². The average Bonchev–Trinajstić information content (AvgIpc) is 2.64. The molecule has 2 aromatic rings. The summed E-state index contributed by atoms with van der Waals surface area (Å²) >= 11 is 6.04. The number of aryl methyl sites for hydroxylation is 1. The van der Waals surface area contributed by atoms with E-state index in [0.717, 1.165) is 22.4 Å². The molecule has 2 amide bonds. The van der Waals surface area contributed by atoms with E-state index in [9.17, 15) is 9.59 Å². The van der Waals surface area contributed by atoms with Crippen LogP contribution in [0.5, 0.6) is 5.75 Å². The Kier molecular flexibility index (Phi) is 7.84. The number of amides is 2. The molecule has 2 N–H and O–H groups in total. The van der Waals surface area contributed by atoms with Gasteiger partial charge in [-0.3, -0.25) is 14.5 Å². The number of nitrogens with zero attached hydrogens (tertiary/aromatic N) is 1. The van der Waals surface area contributed by atoms with Crippen molar-refractivity contribution in [2.45, 2.75) is 20.4 Å². The summed E-state index contributed by atoms with van der Waals surface area (Å²) in [7, 11) is 3.47. The maximum absolute atomic E-state index is 12.2. The van der Waals surface area contributed by atoms with Gasteiger partial charge in [0.25, 0.3) is 0 Å². The van der Waals surface area contributed by atoms with Gasteiger partial charge in [-0.25, -0.2) is 0 Å². The molecule has 0 aliphatic carbocycles. The fourth-order valence-electron chi connectivity index (χ4n) is 2.79. The lowest BCUT2D eigenvalue weighted by atomic mass is 10.1. The van der Waals surface area contributed by atoms with E-state index in [0.29, 0.717) is 17.3 Å². The second kappa shape index (κ2) is 10.1. The maximum Gasteiger partial charge on any atom is 0.243 e. The van der Waals surface area contributed by atoms with Crippen molar-refractivity contribution < 1.29 is 14.3 Å². The summed E-state index contributed by atoms with van der Waals surface area (Å²) in [6.45, 7) is 4.46. The largest absolute Gasteiger partial charge is 0.496 e. The van der Waals surface area contributed by atoms with Crippen LogP contribution in [0.1, 0.15) is 16.7 Å². The molecule has 28 heavy (non-hydrogen) atoms. The van der Waals surface area contributed by atoms with Crippen molar-refractivity contribution >= 4 is 29.1 Å². The Morgan fingerprint density at radius 1 is 1.14 bits per heavy atom. The van der Waals surface area contributed by atoms with E-state index >= 15 is 0 Å². The summed E-state index contributed by atoms with van der Waals surface area (Å²) in [4.78, 5) is 26.1. The van der Waals surface area contributed by atoms with Crippen molar-refractivity contribution in [2.24, 2.45) is 0 Å². The molecule has 150 valence electrons. The number of hydrogen-bond acceptors (Lipinski definition) is 4. The van der Waals surface area contributed by atoms with Gasteiger partial charge in [-0.1, -0.05) is 35.4 Å². The highest BCUT2D eigenvalue weighted by molar-refractivity contribution is 6.31. The maximum atomic E-state index is 12.2. The predicted octanol–water partition coefficient (Wildman–Crippen LogP) is 3.15. The van der Waals surface area contributed by atoms with Crippen LogP contribution in [0.4, 0.5) is 5.69 Å². The molecule has 0 atom stereocenters. The first-order chi connectivity index (χ1) is 13.3.